The van der Waals surface area contributed by atoms with Gasteiger partial charge in [0.05, 0.1) is 0 Å². The van der Waals surface area contributed by atoms with Crippen LogP contribution in [0.25, 0.3) is 0 Å². The molecule has 0 bridgehead atoms. The van der Waals surface area contributed by atoms with Crippen LogP contribution in [-0.2, 0) is 13.0 Å². The molecule has 0 aromatic carbocycles. The van der Waals surface area contributed by atoms with Crippen molar-refractivity contribution in [3.05, 3.63) is 17.7 Å². The molecular formula is C12H23N3. The molecule has 1 rings (SSSR count). The van der Waals surface area contributed by atoms with Crippen molar-refractivity contribution in [3.63, 3.8) is 0 Å². The Hall–Kier alpha value is -0.830. The predicted octanol–water partition coefficient (Wildman–Crippen LogP) is 2.50. The number of hydrogen-bond acceptors (Lipinski definition) is 2. The lowest BCUT2D eigenvalue weighted by atomic mass is 9.92. The summed E-state index contributed by atoms with van der Waals surface area (Å²) in [6, 6.07) is 0.513. The first-order chi connectivity index (χ1) is 6.87. The molecule has 3 heteroatoms. The highest BCUT2D eigenvalue weighted by atomic mass is 15.0. The van der Waals surface area contributed by atoms with Gasteiger partial charge < -0.3 is 10.3 Å². The predicted molar refractivity (Wildman–Crippen MR) is 63.7 cm³/mol. The van der Waals surface area contributed by atoms with Crippen LogP contribution >= 0.6 is 0 Å². The normalized spacial score (nSPS) is 12.4. The van der Waals surface area contributed by atoms with Gasteiger partial charge in [-0.25, -0.2) is 4.98 Å². The van der Waals surface area contributed by atoms with Gasteiger partial charge in [-0.3, -0.25) is 0 Å². The van der Waals surface area contributed by atoms with Crippen molar-refractivity contribution in [1.82, 2.24) is 15.3 Å². The zero-order valence-electron chi connectivity index (χ0n) is 10.5. The number of rotatable bonds is 4. The minimum Gasteiger partial charge on any atom is -0.345 e. The first-order valence-corrected chi connectivity index (χ1v) is 5.63. The van der Waals surface area contributed by atoms with E-state index in [0.717, 1.165) is 18.8 Å². The van der Waals surface area contributed by atoms with Crippen molar-refractivity contribution in [2.45, 2.75) is 53.6 Å². The number of aromatic amines is 1. The van der Waals surface area contributed by atoms with Gasteiger partial charge in [0.25, 0.3) is 0 Å². The summed E-state index contributed by atoms with van der Waals surface area (Å²) < 4.78 is 0. The molecular weight excluding hydrogens is 186 g/mol. The van der Waals surface area contributed by atoms with E-state index >= 15 is 0 Å². The Morgan fingerprint density at radius 3 is 2.60 bits per heavy atom. The third kappa shape index (κ3) is 4.98. The van der Waals surface area contributed by atoms with Gasteiger partial charge in [-0.15, -0.1) is 0 Å². The Labute approximate surface area is 92.7 Å². The van der Waals surface area contributed by atoms with Crippen molar-refractivity contribution in [2.24, 2.45) is 5.41 Å². The number of hydrogen-bond donors (Lipinski definition) is 2. The van der Waals surface area contributed by atoms with Crippen LogP contribution in [0.3, 0.4) is 0 Å². The van der Waals surface area contributed by atoms with Crippen LogP contribution in [0.4, 0.5) is 0 Å². The molecule has 0 radical (unpaired) electrons. The van der Waals surface area contributed by atoms with Gasteiger partial charge in [-0.05, 0) is 5.41 Å². The fraction of sp³-hybridized carbons (Fsp3) is 0.750. The Balaban J connectivity index is 2.49. The van der Waals surface area contributed by atoms with Gasteiger partial charge in [-0.1, -0.05) is 34.6 Å². The van der Waals surface area contributed by atoms with E-state index in [-0.39, 0.29) is 0 Å². The first-order valence-electron chi connectivity index (χ1n) is 5.63. The third-order valence-corrected chi connectivity index (χ3v) is 2.08. The van der Waals surface area contributed by atoms with Gasteiger partial charge in [0.15, 0.2) is 0 Å². The van der Waals surface area contributed by atoms with E-state index < -0.39 is 0 Å². The number of H-pyrrole nitrogens is 1. The second-order valence-corrected chi connectivity index (χ2v) is 5.63. The van der Waals surface area contributed by atoms with Crippen molar-refractivity contribution < 1.29 is 0 Å². The van der Waals surface area contributed by atoms with E-state index in [1.165, 1.54) is 5.69 Å². The molecule has 1 aromatic rings. The second kappa shape index (κ2) is 4.79. The summed E-state index contributed by atoms with van der Waals surface area (Å²) in [7, 11) is 0. The maximum absolute atomic E-state index is 4.38. The molecule has 0 atom stereocenters. The van der Waals surface area contributed by atoms with Crippen LogP contribution < -0.4 is 5.32 Å². The lowest BCUT2D eigenvalue weighted by Crippen LogP contribution is -2.22. The van der Waals surface area contributed by atoms with Gasteiger partial charge in [0.1, 0.15) is 5.82 Å². The van der Waals surface area contributed by atoms with Crippen LogP contribution in [0.5, 0.6) is 0 Å². The lowest BCUT2D eigenvalue weighted by molar-refractivity contribution is 0.402. The maximum Gasteiger partial charge on any atom is 0.106 e. The highest BCUT2D eigenvalue weighted by molar-refractivity contribution is 5.02. The van der Waals surface area contributed by atoms with Gasteiger partial charge in [0, 0.05) is 30.9 Å². The molecule has 0 aliphatic carbocycles. The molecule has 15 heavy (non-hydrogen) atoms. The molecule has 0 unspecified atom stereocenters. The van der Waals surface area contributed by atoms with Gasteiger partial charge >= 0.3 is 0 Å². The van der Waals surface area contributed by atoms with E-state index in [0.29, 0.717) is 11.5 Å². The largest absolute Gasteiger partial charge is 0.345 e. The molecule has 0 aliphatic heterocycles. The zero-order chi connectivity index (χ0) is 11.5. The third-order valence-electron chi connectivity index (χ3n) is 2.08. The average Bonchev–Trinajstić information content (AvgIpc) is 2.45. The SMILES string of the molecule is CC(C)NCc1cnc(CC(C)(C)C)[nH]1. The molecule has 3 nitrogen and oxygen atoms in total. The highest BCUT2D eigenvalue weighted by Crippen LogP contribution is 2.18. The summed E-state index contributed by atoms with van der Waals surface area (Å²) in [6.07, 6.45) is 2.92. The highest BCUT2D eigenvalue weighted by Gasteiger charge is 2.13. The smallest absolute Gasteiger partial charge is 0.106 e. The second-order valence-electron chi connectivity index (χ2n) is 5.63. The summed E-state index contributed by atoms with van der Waals surface area (Å²) in [5.74, 6) is 1.09. The van der Waals surface area contributed by atoms with Crippen molar-refractivity contribution in [2.75, 3.05) is 0 Å². The van der Waals surface area contributed by atoms with E-state index in [2.05, 4.69) is 49.9 Å². The standard InChI is InChI=1S/C12H23N3/c1-9(2)13-7-10-8-14-11(15-10)6-12(3,4)5/h8-9,13H,6-7H2,1-5H3,(H,14,15). The van der Waals surface area contributed by atoms with Crippen LogP contribution in [-0.4, -0.2) is 16.0 Å². The average molecular weight is 209 g/mol. The molecule has 0 aliphatic rings. The number of imidazole rings is 1. The molecule has 86 valence electrons. The molecule has 2 N–H and O–H groups in total. The van der Waals surface area contributed by atoms with E-state index in [4.69, 9.17) is 0 Å². The minimum absolute atomic E-state index is 0.292. The Morgan fingerprint density at radius 1 is 1.40 bits per heavy atom. The molecule has 0 saturated carbocycles. The fourth-order valence-corrected chi connectivity index (χ4v) is 1.40. The van der Waals surface area contributed by atoms with E-state index in [9.17, 15) is 0 Å². The molecule has 0 amide bonds. The van der Waals surface area contributed by atoms with E-state index in [1.54, 1.807) is 0 Å². The van der Waals surface area contributed by atoms with Crippen LogP contribution in [0, 0.1) is 5.41 Å². The van der Waals surface area contributed by atoms with Crippen LogP contribution in [0.15, 0.2) is 6.20 Å². The summed E-state index contributed by atoms with van der Waals surface area (Å²) in [4.78, 5) is 7.74. The summed E-state index contributed by atoms with van der Waals surface area (Å²) in [6.45, 7) is 11.8. The fourth-order valence-electron chi connectivity index (χ4n) is 1.40. The van der Waals surface area contributed by atoms with Gasteiger partial charge in [-0.2, -0.15) is 0 Å². The Bertz CT molecular complexity index is 294. The Morgan fingerprint density at radius 2 is 2.07 bits per heavy atom. The molecule has 1 heterocycles. The molecule has 0 saturated heterocycles. The zero-order valence-corrected chi connectivity index (χ0v) is 10.5. The first kappa shape index (κ1) is 12.2. The topological polar surface area (TPSA) is 40.7 Å². The molecule has 0 fully saturated rings. The minimum atomic E-state index is 0.292. The number of aromatic nitrogens is 2. The summed E-state index contributed by atoms with van der Waals surface area (Å²) in [5.41, 5.74) is 1.46. The van der Waals surface area contributed by atoms with Crippen molar-refractivity contribution >= 4 is 0 Å². The molecule has 1 aromatic heterocycles. The molecule has 0 spiro atoms. The maximum atomic E-state index is 4.38. The summed E-state index contributed by atoms with van der Waals surface area (Å²) in [5, 5.41) is 3.37. The van der Waals surface area contributed by atoms with Gasteiger partial charge in [0.2, 0.25) is 0 Å². The van der Waals surface area contributed by atoms with E-state index in [1.807, 2.05) is 6.20 Å². The van der Waals surface area contributed by atoms with Crippen molar-refractivity contribution in [1.29, 1.82) is 0 Å². The monoisotopic (exact) mass is 209 g/mol. The summed E-state index contributed by atoms with van der Waals surface area (Å²) >= 11 is 0. The van der Waals surface area contributed by atoms with Crippen LogP contribution in [0.2, 0.25) is 0 Å². The van der Waals surface area contributed by atoms with Crippen molar-refractivity contribution in [3.8, 4) is 0 Å². The number of nitrogens with zero attached hydrogens (tertiary/aromatic N) is 1. The van der Waals surface area contributed by atoms with Crippen LogP contribution in [0.1, 0.15) is 46.1 Å². The quantitative estimate of drug-likeness (QED) is 0.800. The lowest BCUT2D eigenvalue weighted by Gasteiger charge is -2.15. The Kier molecular flexibility index (Phi) is 3.91. The number of nitrogens with one attached hydrogen (secondary N) is 2.